The smallest absolute Gasteiger partial charge is 0.271 e. The summed E-state index contributed by atoms with van der Waals surface area (Å²) in [6.45, 7) is 6.08. The zero-order chi connectivity index (χ0) is 15.2. The van der Waals surface area contributed by atoms with Crippen molar-refractivity contribution in [1.29, 1.82) is 0 Å². The van der Waals surface area contributed by atoms with E-state index in [1.165, 1.54) is 6.20 Å². The molecule has 2 heterocycles. The third-order valence-corrected chi connectivity index (χ3v) is 2.62. The summed E-state index contributed by atoms with van der Waals surface area (Å²) in [5.41, 5.74) is 1.96. The number of ether oxygens (including phenoxy) is 1. The molecule has 0 fully saturated rings. The fourth-order valence-electron chi connectivity index (χ4n) is 1.61. The first-order valence-electron chi connectivity index (χ1n) is 6.73. The zero-order valence-corrected chi connectivity index (χ0v) is 12.3. The molecule has 0 saturated carbocycles. The van der Waals surface area contributed by atoms with Crippen LogP contribution in [0.15, 0.2) is 30.7 Å². The van der Waals surface area contributed by atoms with Crippen molar-refractivity contribution in [1.82, 2.24) is 20.3 Å². The first-order chi connectivity index (χ1) is 10.0. The number of carbonyl (C=O) groups is 1. The number of aromatic nitrogens is 3. The molecule has 0 aliphatic rings. The van der Waals surface area contributed by atoms with Crippen LogP contribution in [0.1, 0.15) is 35.6 Å². The Morgan fingerprint density at radius 2 is 2.00 bits per heavy atom. The zero-order valence-electron chi connectivity index (χ0n) is 12.3. The van der Waals surface area contributed by atoms with Gasteiger partial charge < -0.3 is 10.1 Å². The fraction of sp³-hybridized carbons (Fsp3) is 0.333. The minimum atomic E-state index is -0.259. The van der Waals surface area contributed by atoms with E-state index in [2.05, 4.69) is 20.3 Å². The molecule has 0 atom stereocenters. The van der Waals surface area contributed by atoms with Crippen LogP contribution in [0, 0.1) is 6.92 Å². The summed E-state index contributed by atoms with van der Waals surface area (Å²) in [5, 5.41) is 2.77. The van der Waals surface area contributed by atoms with Crippen molar-refractivity contribution in [2.45, 2.75) is 33.4 Å². The Balaban J connectivity index is 1.90. The Labute approximate surface area is 123 Å². The van der Waals surface area contributed by atoms with Gasteiger partial charge in [0.15, 0.2) is 0 Å². The van der Waals surface area contributed by atoms with Crippen molar-refractivity contribution >= 4 is 5.91 Å². The average molecular weight is 286 g/mol. The molecule has 0 aliphatic heterocycles. The van der Waals surface area contributed by atoms with Crippen LogP contribution in [0.2, 0.25) is 0 Å². The monoisotopic (exact) mass is 286 g/mol. The molecule has 0 aromatic carbocycles. The maximum atomic E-state index is 11.9. The Morgan fingerprint density at radius 1 is 1.19 bits per heavy atom. The molecule has 21 heavy (non-hydrogen) atoms. The van der Waals surface area contributed by atoms with Crippen molar-refractivity contribution in [3.63, 3.8) is 0 Å². The van der Waals surface area contributed by atoms with Gasteiger partial charge in [0.25, 0.3) is 5.91 Å². The number of carbonyl (C=O) groups excluding carboxylic acids is 1. The topological polar surface area (TPSA) is 77.0 Å². The molecule has 0 saturated heterocycles. The second-order valence-electron chi connectivity index (χ2n) is 4.90. The van der Waals surface area contributed by atoms with E-state index in [-0.39, 0.29) is 12.0 Å². The summed E-state index contributed by atoms with van der Waals surface area (Å²) in [6.07, 6.45) is 4.79. The van der Waals surface area contributed by atoms with Gasteiger partial charge in [-0.2, -0.15) is 0 Å². The average Bonchev–Trinajstić information content (AvgIpc) is 2.46. The van der Waals surface area contributed by atoms with Crippen LogP contribution in [0.4, 0.5) is 0 Å². The van der Waals surface area contributed by atoms with E-state index >= 15 is 0 Å². The van der Waals surface area contributed by atoms with Crippen LogP contribution >= 0.6 is 0 Å². The molecule has 6 nitrogen and oxygen atoms in total. The number of aryl methyl sites for hydroxylation is 1. The van der Waals surface area contributed by atoms with Crippen LogP contribution in [0.5, 0.6) is 5.88 Å². The summed E-state index contributed by atoms with van der Waals surface area (Å²) >= 11 is 0. The van der Waals surface area contributed by atoms with E-state index in [4.69, 9.17) is 4.74 Å². The van der Waals surface area contributed by atoms with Gasteiger partial charge in [0, 0.05) is 25.0 Å². The minimum Gasteiger partial charge on any atom is -0.475 e. The molecule has 0 unspecified atom stereocenters. The quantitative estimate of drug-likeness (QED) is 0.908. The summed E-state index contributed by atoms with van der Waals surface area (Å²) in [5.74, 6) is 0.314. The van der Waals surface area contributed by atoms with E-state index in [1.807, 2.05) is 26.8 Å². The highest BCUT2D eigenvalue weighted by atomic mass is 16.5. The molecule has 2 aromatic heterocycles. The molecule has 110 valence electrons. The van der Waals surface area contributed by atoms with Crippen LogP contribution in [-0.4, -0.2) is 27.0 Å². The van der Waals surface area contributed by atoms with Crippen LogP contribution in [0.25, 0.3) is 0 Å². The summed E-state index contributed by atoms with van der Waals surface area (Å²) in [7, 11) is 0. The Morgan fingerprint density at radius 3 is 2.57 bits per heavy atom. The standard InChI is InChI=1S/C15H18N4O2/c1-10(2)21-14-5-4-12(7-18-14)8-19-15(20)13-9-16-11(3)6-17-13/h4-7,9-10H,8H2,1-3H3,(H,19,20). The maximum absolute atomic E-state index is 11.9. The van der Waals surface area contributed by atoms with Crippen LogP contribution in [0.3, 0.4) is 0 Å². The van der Waals surface area contributed by atoms with E-state index in [0.29, 0.717) is 18.1 Å². The summed E-state index contributed by atoms with van der Waals surface area (Å²) in [6, 6.07) is 3.65. The Hall–Kier alpha value is -2.50. The van der Waals surface area contributed by atoms with Gasteiger partial charge in [0.1, 0.15) is 5.69 Å². The fourth-order valence-corrected chi connectivity index (χ4v) is 1.61. The molecule has 0 bridgehead atoms. The molecule has 0 aliphatic carbocycles. The molecule has 2 rings (SSSR count). The van der Waals surface area contributed by atoms with Gasteiger partial charge >= 0.3 is 0 Å². The van der Waals surface area contributed by atoms with Crippen molar-refractivity contribution in [3.8, 4) is 5.88 Å². The van der Waals surface area contributed by atoms with Crippen LogP contribution < -0.4 is 10.1 Å². The third-order valence-electron chi connectivity index (χ3n) is 2.62. The predicted molar refractivity (Wildman–Crippen MR) is 77.9 cm³/mol. The highest BCUT2D eigenvalue weighted by molar-refractivity contribution is 5.91. The molecule has 0 spiro atoms. The molecular weight excluding hydrogens is 268 g/mol. The highest BCUT2D eigenvalue weighted by Gasteiger charge is 2.07. The van der Waals surface area contributed by atoms with Crippen LogP contribution in [-0.2, 0) is 6.54 Å². The van der Waals surface area contributed by atoms with Gasteiger partial charge in [-0.1, -0.05) is 6.07 Å². The number of hydrogen-bond donors (Lipinski definition) is 1. The molecule has 2 aromatic rings. The summed E-state index contributed by atoms with van der Waals surface area (Å²) < 4.78 is 5.46. The molecule has 1 amide bonds. The normalized spacial score (nSPS) is 10.5. The number of hydrogen-bond acceptors (Lipinski definition) is 5. The van der Waals surface area contributed by atoms with Gasteiger partial charge in [-0.15, -0.1) is 0 Å². The number of nitrogens with zero attached hydrogens (tertiary/aromatic N) is 3. The number of amides is 1. The highest BCUT2D eigenvalue weighted by Crippen LogP contribution is 2.09. The van der Waals surface area contributed by atoms with Gasteiger partial charge in [0.2, 0.25) is 5.88 Å². The Bertz CT molecular complexity index is 594. The number of nitrogens with one attached hydrogen (secondary N) is 1. The SMILES string of the molecule is Cc1cnc(C(=O)NCc2ccc(OC(C)C)nc2)cn1. The Kier molecular flexibility index (Phi) is 4.81. The lowest BCUT2D eigenvalue weighted by Crippen LogP contribution is -2.24. The first-order valence-corrected chi connectivity index (χ1v) is 6.73. The first kappa shape index (κ1) is 14.9. The van der Waals surface area contributed by atoms with E-state index in [9.17, 15) is 4.79 Å². The lowest BCUT2D eigenvalue weighted by Gasteiger charge is -2.09. The lowest BCUT2D eigenvalue weighted by atomic mass is 10.3. The van der Waals surface area contributed by atoms with Gasteiger partial charge in [-0.25, -0.2) is 9.97 Å². The van der Waals surface area contributed by atoms with E-state index in [1.54, 1.807) is 18.5 Å². The van der Waals surface area contributed by atoms with E-state index < -0.39 is 0 Å². The second-order valence-corrected chi connectivity index (χ2v) is 4.90. The van der Waals surface area contributed by atoms with Gasteiger partial charge in [0.05, 0.1) is 18.0 Å². The molecular formula is C15H18N4O2. The molecule has 1 N–H and O–H groups in total. The van der Waals surface area contributed by atoms with Crippen molar-refractivity contribution in [2.24, 2.45) is 0 Å². The minimum absolute atomic E-state index is 0.0863. The number of rotatable bonds is 5. The lowest BCUT2D eigenvalue weighted by molar-refractivity contribution is 0.0945. The molecule has 0 radical (unpaired) electrons. The summed E-state index contributed by atoms with van der Waals surface area (Å²) in [4.78, 5) is 24.1. The third kappa shape index (κ3) is 4.52. The molecule has 6 heteroatoms. The van der Waals surface area contributed by atoms with Crippen molar-refractivity contribution < 1.29 is 9.53 Å². The second kappa shape index (κ2) is 6.78. The maximum Gasteiger partial charge on any atom is 0.271 e. The van der Waals surface area contributed by atoms with E-state index in [0.717, 1.165) is 11.3 Å². The predicted octanol–water partition coefficient (Wildman–Crippen LogP) is 1.90. The van der Waals surface area contributed by atoms with Gasteiger partial charge in [-0.05, 0) is 26.3 Å². The van der Waals surface area contributed by atoms with Gasteiger partial charge in [-0.3, -0.25) is 9.78 Å². The largest absolute Gasteiger partial charge is 0.475 e. The number of pyridine rings is 1. The van der Waals surface area contributed by atoms with Crippen molar-refractivity contribution in [2.75, 3.05) is 0 Å². The van der Waals surface area contributed by atoms with Crippen molar-refractivity contribution in [3.05, 3.63) is 47.7 Å².